The van der Waals surface area contributed by atoms with Crippen LogP contribution in [0.15, 0.2) is 53.3 Å². The molecule has 1 aliphatic carbocycles. The zero-order valence-electron chi connectivity index (χ0n) is 22.1. The molecule has 1 unspecified atom stereocenters. The number of fused-ring (bicyclic) bond motifs is 1. The monoisotopic (exact) mass is 580 g/mol. The molecule has 9 nitrogen and oxygen atoms in total. The summed E-state index contributed by atoms with van der Waals surface area (Å²) in [5.74, 6) is 0.557. The summed E-state index contributed by atoms with van der Waals surface area (Å²) in [4.78, 5) is 32.4. The van der Waals surface area contributed by atoms with Gasteiger partial charge in [0.1, 0.15) is 5.39 Å². The first-order valence-electron chi connectivity index (χ1n) is 13.5. The highest BCUT2D eigenvalue weighted by Crippen LogP contribution is 2.47. The third-order valence-corrected chi connectivity index (χ3v) is 9.41. The Morgan fingerprint density at radius 3 is 2.58 bits per heavy atom. The average molecular weight is 582 g/mol. The minimum atomic E-state index is -0.968. The van der Waals surface area contributed by atoms with Gasteiger partial charge < -0.3 is 15.3 Å². The molecule has 3 heterocycles. The Hall–Kier alpha value is -3.56. The van der Waals surface area contributed by atoms with Gasteiger partial charge >= 0.3 is 6.09 Å². The van der Waals surface area contributed by atoms with Crippen molar-refractivity contribution in [2.45, 2.75) is 44.7 Å². The van der Waals surface area contributed by atoms with E-state index < -0.39 is 6.09 Å². The summed E-state index contributed by atoms with van der Waals surface area (Å²) in [6.45, 7) is 1.79. The van der Waals surface area contributed by atoms with E-state index in [1.54, 1.807) is 28.4 Å². The van der Waals surface area contributed by atoms with Gasteiger partial charge in [-0.05, 0) is 42.7 Å². The number of anilines is 1. The summed E-state index contributed by atoms with van der Waals surface area (Å²) in [7, 11) is 1.73. The zero-order chi connectivity index (χ0) is 28.0. The van der Waals surface area contributed by atoms with Gasteiger partial charge in [0.15, 0.2) is 5.65 Å². The molecule has 1 saturated heterocycles. The smallest absolute Gasteiger partial charge is 0.404 e. The number of rotatable bonds is 5. The number of hydrogen-bond donors (Lipinski definition) is 2. The summed E-state index contributed by atoms with van der Waals surface area (Å²) < 4.78 is 3.36. The summed E-state index contributed by atoms with van der Waals surface area (Å²) >= 11 is 13.0. The summed E-state index contributed by atoms with van der Waals surface area (Å²) in [6.07, 6.45) is 3.58. The van der Waals surface area contributed by atoms with Crippen LogP contribution in [-0.2, 0) is 13.6 Å². The molecule has 1 atom stereocenters. The van der Waals surface area contributed by atoms with Crippen molar-refractivity contribution < 1.29 is 9.90 Å². The number of halogens is 2. The maximum Gasteiger partial charge on any atom is 0.404 e. The molecule has 0 bridgehead atoms. The van der Waals surface area contributed by atoms with E-state index in [0.717, 1.165) is 37.7 Å². The minimum Gasteiger partial charge on any atom is -0.465 e. The number of nitrogens with zero attached hydrogens (tertiary/aromatic N) is 5. The lowest BCUT2D eigenvalue weighted by Crippen LogP contribution is -2.50. The van der Waals surface area contributed by atoms with Gasteiger partial charge in [0, 0.05) is 31.7 Å². The molecule has 2 aliphatic rings. The first-order valence-corrected chi connectivity index (χ1v) is 14.2. The van der Waals surface area contributed by atoms with E-state index in [2.05, 4.69) is 10.2 Å². The van der Waals surface area contributed by atoms with Gasteiger partial charge in [0.25, 0.3) is 5.56 Å². The van der Waals surface area contributed by atoms with Crippen molar-refractivity contribution in [1.82, 2.24) is 24.6 Å². The fraction of sp³-hybridized carbons (Fsp3) is 0.379. The van der Waals surface area contributed by atoms with E-state index in [1.165, 1.54) is 0 Å². The standard InChI is InChI=1S/C29H30Cl2N6O3/c1-35-26(38)22-24(19-9-5-10-20(30)23(19)31)37(17-18-7-3-2-4-8-18)34-25(22)33-27(35)36-15-13-29(14-16-36)12-6-11-21(29)32-28(39)40/h2-5,7-10,21,32H,6,11-17H2,1H3,(H,39,40). The molecular formula is C29H30Cl2N6O3. The van der Waals surface area contributed by atoms with Crippen LogP contribution in [0.2, 0.25) is 10.0 Å². The molecule has 40 heavy (non-hydrogen) atoms. The largest absolute Gasteiger partial charge is 0.465 e. The zero-order valence-corrected chi connectivity index (χ0v) is 23.6. The second-order valence-corrected chi connectivity index (χ2v) is 11.6. The lowest BCUT2D eigenvalue weighted by Gasteiger charge is -2.43. The molecule has 11 heteroatoms. The van der Waals surface area contributed by atoms with Crippen LogP contribution in [-0.4, -0.2) is 49.7 Å². The molecule has 0 radical (unpaired) electrons. The Morgan fingerprint density at radius 1 is 1.10 bits per heavy atom. The highest BCUT2D eigenvalue weighted by Gasteiger charge is 2.46. The number of piperidine rings is 1. The Labute approximate surface area is 241 Å². The van der Waals surface area contributed by atoms with E-state index in [4.69, 9.17) is 33.3 Å². The molecule has 1 spiro atoms. The van der Waals surface area contributed by atoms with Crippen LogP contribution in [0.4, 0.5) is 10.7 Å². The summed E-state index contributed by atoms with van der Waals surface area (Å²) in [6, 6.07) is 15.2. The number of nitrogens with one attached hydrogen (secondary N) is 1. The highest BCUT2D eigenvalue weighted by atomic mass is 35.5. The second-order valence-electron chi connectivity index (χ2n) is 10.8. The first-order chi connectivity index (χ1) is 19.3. The van der Waals surface area contributed by atoms with Gasteiger partial charge in [-0.25, -0.2) is 4.79 Å². The summed E-state index contributed by atoms with van der Waals surface area (Å²) in [5.41, 5.74) is 2.32. The molecule has 208 valence electrons. The second kappa shape index (κ2) is 10.4. The quantitative estimate of drug-likeness (QED) is 0.320. The minimum absolute atomic E-state index is 0.0369. The topological polar surface area (TPSA) is 105 Å². The Morgan fingerprint density at radius 2 is 1.85 bits per heavy atom. The number of carboxylic acid groups (broad SMARTS) is 1. The van der Waals surface area contributed by atoms with E-state index in [1.807, 2.05) is 36.4 Å². The van der Waals surface area contributed by atoms with Gasteiger partial charge in [-0.2, -0.15) is 10.1 Å². The third-order valence-electron chi connectivity index (χ3n) is 8.59. The summed E-state index contributed by atoms with van der Waals surface area (Å²) in [5, 5.41) is 18.0. The maximum atomic E-state index is 14.0. The lowest BCUT2D eigenvalue weighted by molar-refractivity contribution is 0.149. The number of carbonyl (C=O) groups is 1. The van der Waals surface area contributed by atoms with Gasteiger partial charge in [0.05, 0.1) is 22.3 Å². The van der Waals surface area contributed by atoms with Crippen LogP contribution in [0.3, 0.4) is 0 Å². The van der Waals surface area contributed by atoms with E-state index in [-0.39, 0.29) is 17.0 Å². The number of hydrogen-bond acceptors (Lipinski definition) is 5. The van der Waals surface area contributed by atoms with Crippen molar-refractivity contribution in [3.8, 4) is 11.3 Å². The Balaban J connectivity index is 1.41. The SMILES string of the molecule is Cn1c(N2CCC3(CCCC3NC(=O)O)CC2)nc2nn(Cc3ccccc3)c(-c3cccc(Cl)c3Cl)c2c1=O. The van der Waals surface area contributed by atoms with Crippen LogP contribution in [0, 0.1) is 5.41 Å². The molecule has 4 aromatic rings. The number of benzene rings is 2. The normalized spacial score (nSPS) is 18.5. The maximum absolute atomic E-state index is 14.0. The lowest BCUT2D eigenvalue weighted by atomic mass is 9.74. The predicted octanol–water partition coefficient (Wildman–Crippen LogP) is 5.56. The van der Waals surface area contributed by atoms with Crippen molar-refractivity contribution in [3.05, 3.63) is 74.5 Å². The van der Waals surface area contributed by atoms with Crippen LogP contribution >= 0.6 is 23.2 Å². The molecule has 2 aromatic carbocycles. The average Bonchev–Trinajstić information content (AvgIpc) is 3.49. The van der Waals surface area contributed by atoms with Crippen molar-refractivity contribution in [2.24, 2.45) is 12.5 Å². The van der Waals surface area contributed by atoms with E-state index in [9.17, 15) is 14.7 Å². The fourth-order valence-corrected chi connectivity index (χ4v) is 6.92. The van der Waals surface area contributed by atoms with Gasteiger partial charge in [-0.3, -0.25) is 14.0 Å². The van der Waals surface area contributed by atoms with Crippen LogP contribution < -0.4 is 15.8 Å². The van der Waals surface area contributed by atoms with Crippen LogP contribution in [0.25, 0.3) is 22.3 Å². The van der Waals surface area contributed by atoms with Crippen LogP contribution in [0.5, 0.6) is 0 Å². The van der Waals surface area contributed by atoms with Crippen molar-refractivity contribution >= 4 is 46.3 Å². The Kier molecular flexibility index (Phi) is 6.96. The van der Waals surface area contributed by atoms with E-state index in [0.29, 0.717) is 57.9 Å². The molecule has 1 amide bonds. The predicted molar refractivity (Wildman–Crippen MR) is 156 cm³/mol. The van der Waals surface area contributed by atoms with Crippen molar-refractivity contribution in [1.29, 1.82) is 0 Å². The number of amides is 1. The van der Waals surface area contributed by atoms with Crippen molar-refractivity contribution in [3.63, 3.8) is 0 Å². The van der Waals surface area contributed by atoms with Gasteiger partial charge in [-0.1, -0.05) is 72.1 Å². The van der Waals surface area contributed by atoms with E-state index >= 15 is 0 Å². The third kappa shape index (κ3) is 4.61. The molecule has 2 aromatic heterocycles. The molecular weight excluding hydrogens is 551 g/mol. The first kappa shape index (κ1) is 26.7. The molecule has 1 aliphatic heterocycles. The molecule has 6 rings (SSSR count). The van der Waals surface area contributed by atoms with Gasteiger partial charge in [-0.15, -0.1) is 0 Å². The molecule has 2 fully saturated rings. The molecule has 1 saturated carbocycles. The fourth-order valence-electron chi connectivity index (χ4n) is 6.53. The highest BCUT2D eigenvalue weighted by molar-refractivity contribution is 6.43. The molecule has 2 N–H and O–H groups in total. The van der Waals surface area contributed by atoms with Crippen molar-refractivity contribution in [2.75, 3.05) is 18.0 Å². The van der Waals surface area contributed by atoms with Crippen LogP contribution in [0.1, 0.15) is 37.7 Å². The number of aromatic nitrogens is 4. The van der Waals surface area contributed by atoms with Gasteiger partial charge in [0.2, 0.25) is 5.95 Å². The Bertz CT molecular complexity index is 1640.